The monoisotopic (exact) mass is 671 g/mol. The summed E-state index contributed by atoms with van der Waals surface area (Å²) in [6, 6.07) is 26.1. The molecule has 0 bridgehead atoms. The van der Waals surface area contributed by atoms with Crippen molar-refractivity contribution < 1.29 is 33.0 Å². The Kier molecular flexibility index (Phi) is 8.87. The molecule has 1 heterocycles. The molecule has 0 radical (unpaired) electrons. The van der Waals surface area contributed by atoms with Crippen LogP contribution in [0.5, 0.6) is 5.75 Å². The Morgan fingerprint density at radius 1 is 0.957 bits per heavy atom. The highest BCUT2D eigenvalue weighted by molar-refractivity contribution is 7.89. The Balaban J connectivity index is 1.34. The van der Waals surface area contributed by atoms with Crippen LogP contribution in [0, 0.1) is 0 Å². The summed E-state index contributed by atoms with van der Waals surface area (Å²) in [4.78, 5) is 28.8. The fourth-order valence-corrected chi connectivity index (χ4v) is 7.66. The molecule has 4 aromatic carbocycles. The van der Waals surface area contributed by atoms with Crippen LogP contribution < -0.4 is 4.74 Å². The van der Waals surface area contributed by atoms with Crippen LogP contribution in [-0.4, -0.2) is 56.6 Å². The van der Waals surface area contributed by atoms with Crippen LogP contribution >= 0.6 is 11.6 Å². The second-order valence-electron chi connectivity index (χ2n) is 11.3. The number of sulfonamides is 1. The van der Waals surface area contributed by atoms with Crippen molar-refractivity contribution in [2.24, 2.45) is 0 Å². The zero-order chi connectivity index (χ0) is 33.2. The van der Waals surface area contributed by atoms with Gasteiger partial charge in [-0.2, -0.15) is 4.31 Å². The van der Waals surface area contributed by atoms with Crippen molar-refractivity contribution in [1.82, 2.24) is 13.9 Å². The highest BCUT2D eigenvalue weighted by atomic mass is 35.5. The number of halogens is 1. The van der Waals surface area contributed by atoms with E-state index >= 15 is 0 Å². The molecular formula is C35H30ClN3O7S. The normalized spacial score (nSPS) is 17.4. The number of nitrogens with zero attached hydrogens (tertiary/aromatic N) is 3. The highest BCUT2D eigenvalue weighted by Gasteiger charge is 2.68. The quantitative estimate of drug-likeness (QED) is 0.151. The molecule has 0 unspecified atom stereocenters. The summed E-state index contributed by atoms with van der Waals surface area (Å²) in [6.45, 7) is 0.554. The zero-order valence-corrected chi connectivity index (χ0v) is 26.5. The molecule has 2 N–H and O–H groups in total. The van der Waals surface area contributed by atoms with E-state index in [1.807, 2.05) is 22.9 Å². The van der Waals surface area contributed by atoms with Gasteiger partial charge >= 0.3 is 11.9 Å². The van der Waals surface area contributed by atoms with Crippen molar-refractivity contribution >= 4 is 33.6 Å². The summed E-state index contributed by atoms with van der Waals surface area (Å²) in [5, 5.41) is 20.8. The van der Waals surface area contributed by atoms with E-state index in [1.165, 1.54) is 30.3 Å². The number of hydrogen-bond donors (Lipinski definition) is 2. The van der Waals surface area contributed by atoms with E-state index in [2.05, 4.69) is 4.98 Å². The summed E-state index contributed by atoms with van der Waals surface area (Å²) >= 11 is 6.02. The molecule has 1 saturated carbocycles. The summed E-state index contributed by atoms with van der Waals surface area (Å²) in [7, 11) is -4.42. The number of benzene rings is 4. The SMILES string of the molecule is O=C(O)c1cccc(CN([C@]2(C(=O)O)C[C@H]2c2cccc(OCCn3ccnc3)c2)S(=O)(=O)c2ccc(-c3ccc(Cl)cc3)cc2)c1. The number of aromatic nitrogens is 2. The smallest absolute Gasteiger partial charge is 0.335 e. The van der Waals surface area contributed by atoms with Gasteiger partial charge in [0.15, 0.2) is 0 Å². The molecule has 0 amide bonds. The third kappa shape index (κ3) is 6.64. The van der Waals surface area contributed by atoms with Gasteiger partial charge in [-0.15, -0.1) is 0 Å². The van der Waals surface area contributed by atoms with E-state index in [1.54, 1.807) is 67.1 Å². The van der Waals surface area contributed by atoms with Crippen LogP contribution in [0.15, 0.2) is 121 Å². The predicted octanol–water partition coefficient (Wildman–Crippen LogP) is 6.18. The average molecular weight is 672 g/mol. The second-order valence-corrected chi connectivity index (χ2v) is 13.6. The van der Waals surface area contributed by atoms with Crippen molar-refractivity contribution in [2.45, 2.75) is 35.9 Å². The van der Waals surface area contributed by atoms with Gasteiger partial charge in [0.1, 0.15) is 17.9 Å². The first-order valence-electron chi connectivity index (χ1n) is 14.7. The molecule has 47 heavy (non-hydrogen) atoms. The lowest BCUT2D eigenvalue weighted by Gasteiger charge is -2.30. The van der Waals surface area contributed by atoms with Gasteiger partial charge in [0.2, 0.25) is 10.0 Å². The van der Waals surface area contributed by atoms with Crippen LogP contribution in [0.4, 0.5) is 0 Å². The molecule has 0 saturated heterocycles. The first-order valence-corrected chi connectivity index (χ1v) is 16.5. The van der Waals surface area contributed by atoms with Crippen LogP contribution in [0.2, 0.25) is 5.02 Å². The largest absolute Gasteiger partial charge is 0.492 e. The molecule has 1 aromatic heterocycles. The molecule has 6 rings (SSSR count). The third-order valence-corrected chi connectivity index (χ3v) is 10.5. The summed E-state index contributed by atoms with van der Waals surface area (Å²) in [5.41, 5.74) is 0.673. The first-order chi connectivity index (χ1) is 22.6. The Morgan fingerprint density at radius 3 is 2.32 bits per heavy atom. The molecule has 1 aliphatic rings. The topological polar surface area (TPSA) is 139 Å². The highest BCUT2D eigenvalue weighted by Crippen LogP contribution is 2.58. The van der Waals surface area contributed by atoms with Gasteiger partial charge in [0, 0.05) is 29.9 Å². The molecule has 0 aliphatic heterocycles. The van der Waals surface area contributed by atoms with Gasteiger partial charge in [0.25, 0.3) is 0 Å². The number of imidazole rings is 1. The van der Waals surface area contributed by atoms with Gasteiger partial charge < -0.3 is 19.5 Å². The Labute approximate surface area is 276 Å². The summed E-state index contributed by atoms with van der Waals surface area (Å²) < 4.78 is 37.6. The number of aromatic carboxylic acids is 1. The van der Waals surface area contributed by atoms with Crippen molar-refractivity contribution in [2.75, 3.05) is 6.61 Å². The Morgan fingerprint density at radius 2 is 1.66 bits per heavy atom. The number of carboxylic acid groups (broad SMARTS) is 2. The summed E-state index contributed by atoms with van der Waals surface area (Å²) in [6.07, 6.45) is 5.18. The minimum absolute atomic E-state index is 0.0154. The van der Waals surface area contributed by atoms with Gasteiger partial charge in [-0.1, -0.05) is 60.1 Å². The third-order valence-electron chi connectivity index (χ3n) is 8.30. The van der Waals surface area contributed by atoms with Gasteiger partial charge in [-0.25, -0.2) is 18.2 Å². The van der Waals surface area contributed by atoms with Gasteiger partial charge in [0.05, 0.1) is 23.3 Å². The minimum atomic E-state index is -4.42. The van der Waals surface area contributed by atoms with E-state index < -0.39 is 33.4 Å². The van der Waals surface area contributed by atoms with Crippen molar-refractivity contribution in [3.8, 4) is 16.9 Å². The Bertz CT molecular complexity index is 2020. The lowest BCUT2D eigenvalue weighted by molar-refractivity contribution is -0.143. The predicted molar refractivity (Wildman–Crippen MR) is 175 cm³/mol. The number of carbonyl (C=O) groups is 2. The molecule has 5 aromatic rings. The molecule has 12 heteroatoms. The van der Waals surface area contributed by atoms with Gasteiger partial charge in [-0.3, -0.25) is 4.79 Å². The van der Waals surface area contributed by atoms with E-state index in [0.717, 1.165) is 15.4 Å². The fourth-order valence-electron chi connectivity index (χ4n) is 5.77. The minimum Gasteiger partial charge on any atom is -0.492 e. The Hall–Kier alpha value is -4.97. The molecular weight excluding hydrogens is 642 g/mol. The molecule has 2 atom stereocenters. The van der Waals surface area contributed by atoms with Crippen molar-refractivity contribution in [3.63, 3.8) is 0 Å². The van der Waals surface area contributed by atoms with Crippen LogP contribution in [-0.2, 0) is 27.9 Å². The second kappa shape index (κ2) is 13.0. The van der Waals surface area contributed by atoms with E-state index in [9.17, 15) is 28.2 Å². The van der Waals surface area contributed by atoms with E-state index in [4.69, 9.17) is 16.3 Å². The molecule has 1 aliphatic carbocycles. The summed E-state index contributed by atoms with van der Waals surface area (Å²) in [5.74, 6) is -2.65. The fraction of sp³-hybridized carbons (Fsp3) is 0.171. The molecule has 240 valence electrons. The number of carboxylic acids is 2. The lowest BCUT2D eigenvalue weighted by Crippen LogP contribution is -2.48. The standard InChI is InChI=1S/C35H30ClN3O7S/c36-29-11-7-25(8-12-29)26-9-13-31(14-10-26)47(44,45)39(22-24-3-1-5-28(19-24)33(40)41)35(34(42)43)21-32(35)27-4-2-6-30(20-27)46-18-17-38-16-15-37-23-38/h1-16,19-20,23,32H,17-18,21-22H2,(H,40,41)(H,42,43)/t32-,35+/m0/s1. The van der Waals surface area contributed by atoms with E-state index in [0.29, 0.717) is 35.1 Å². The molecule has 10 nitrogen and oxygen atoms in total. The van der Waals surface area contributed by atoms with Crippen LogP contribution in [0.25, 0.3) is 11.1 Å². The van der Waals surface area contributed by atoms with E-state index in [-0.39, 0.29) is 23.4 Å². The number of aliphatic carboxylic acids is 1. The van der Waals surface area contributed by atoms with Crippen molar-refractivity contribution in [1.29, 1.82) is 0 Å². The van der Waals surface area contributed by atoms with Crippen LogP contribution in [0.3, 0.4) is 0 Å². The first kappa shape index (κ1) is 32.0. The molecule has 0 spiro atoms. The number of rotatable bonds is 13. The number of ether oxygens (including phenoxy) is 1. The van der Waals surface area contributed by atoms with Crippen molar-refractivity contribution in [3.05, 3.63) is 137 Å². The van der Waals surface area contributed by atoms with Crippen LogP contribution in [0.1, 0.15) is 33.8 Å². The zero-order valence-electron chi connectivity index (χ0n) is 24.9. The number of hydrogen-bond acceptors (Lipinski definition) is 6. The maximum atomic E-state index is 14.4. The lowest BCUT2D eigenvalue weighted by atomic mass is 10.0. The van der Waals surface area contributed by atoms with Gasteiger partial charge in [-0.05, 0) is 77.2 Å². The maximum absolute atomic E-state index is 14.4. The maximum Gasteiger partial charge on any atom is 0.335 e. The average Bonchev–Trinajstić information content (AvgIpc) is 3.62. The molecule has 1 fully saturated rings.